The van der Waals surface area contributed by atoms with Crippen molar-refractivity contribution in [2.75, 3.05) is 17.7 Å². The monoisotopic (exact) mass is 375 g/mol. The van der Waals surface area contributed by atoms with Crippen molar-refractivity contribution in [2.24, 2.45) is 0 Å². The molecule has 0 aliphatic carbocycles. The third kappa shape index (κ3) is 4.49. The molecule has 0 amide bonds. The second kappa shape index (κ2) is 8.00. The summed E-state index contributed by atoms with van der Waals surface area (Å²) < 4.78 is 5.33. The van der Waals surface area contributed by atoms with Gasteiger partial charge in [0.1, 0.15) is 5.75 Å². The predicted molar refractivity (Wildman–Crippen MR) is 99.9 cm³/mol. The quantitative estimate of drug-likeness (QED) is 0.658. The highest BCUT2D eigenvalue weighted by molar-refractivity contribution is 6.36. The average molecular weight is 376 g/mol. The molecule has 2 aromatic carbocycles. The standard InChI is InChI=1S/C17H15Cl2N5O/c1-25-15-5-3-2-4-11(15)9-20-17-23-16(10-21-24-17)22-14-7-6-12(18)8-13(14)19/h2-8,10H,9H2,1H3,(H2,20,22,23,24). The molecule has 0 atom stereocenters. The third-order valence-corrected chi connectivity index (χ3v) is 3.93. The SMILES string of the molecule is COc1ccccc1CNc1nncc(Nc2ccc(Cl)cc2Cl)n1. The van der Waals surface area contributed by atoms with E-state index in [1.54, 1.807) is 25.3 Å². The van der Waals surface area contributed by atoms with E-state index in [0.717, 1.165) is 11.3 Å². The van der Waals surface area contributed by atoms with E-state index in [4.69, 9.17) is 27.9 Å². The number of anilines is 3. The highest BCUT2D eigenvalue weighted by atomic mass is 35.5. The highest BCUT2D eigenvalue weighted by Gasteiger charge is 2.06. The Labute approximate surface area is 155 Å². The second-order valence-electron chi connectivity index (χ2n) is 5.08. The Morgan fingerprint density at radius 1 is 1.12 bits per heavy atom. The summed E-state index contributed by atoms with van der Waals surface area (Å²) in [4.78, 5) is 4.37. The number of aromatic nitrogens is 3. The summed E-state index contributed by atoms with van der Waals surface area (Å²) in [7, 11) is 1.64. The molecule has 0 saturated heterocycles. The number of nitrogens with one attached hydrogen (secondary N) is 2. The molecule has 1 heterocycles. The van der Waals surface area contributed by atoms with Crippen molar-refractivity contribution in [3.8, 4) is 5.75 Å². The van der Waals surface area contributed by atoms with Crippen molar-refractivity contribution in [3.63, 3.8) is 0 Å². The molecule has 0 saturated carbocycles. The Balaban J connectivity index is 1.71. The summed E-state index contributed by atoms with van der Waals surface area (Å²) in [5.74, 6) is 1.70. The van der Waals surface area contributed by atoms with Gasteiger partial charge in [-0.05, 0) is 24.3 Å². The molecule has 0 radical (unpaired) electrons. The molecule has 25 heavy (non-hydrogen) atoms. The van der Waals surface area contributed by atoms with Gasteiger partial charge in [-0.2, -0.15) is 10.1 Å². The van der Waals surface area contributed by atoms with Crippen molar-refractivity contribution < 1.29 is 4.74 Å². The largest absolute Gasteiger partial charge is 0.496 e. The molecule has 1 aromatic heterocycles. The summed E-state index contributed by atoms with van der Waals surface area (Å²) in [6.45, 7) is 0.511. The molecule has 6 nitrogen and oxygen atoms in total. The first-order chi connectivity index (χ1) is 12.2. The zero-order valence-corrected chi connectivity index (χ0v) is 14.8. The Bertz CT molecular complexity index is 875. The summed E-state index contributed by atoms with van der Waals surface area (Å²) >= 11 is 12.1. The Hall–Kier alpha value is -2.57. The van der Waals surface area contributed by atoms with Gasteiger partial charge in [-0.1, -0.05) is 41.4 Å². The Kier molecular flexibility index (Phi) is 5.53. The second-order valence-corrected chi connectivity index (χ2v) is 5.92. The third-order valence-electron chi connectivity index (χ3n) is 3.38. The molecule has 2 N–H and O–H groups in total. The predicted octanol–water partition coefficient (Wildman–Crippen LogP) is 4.54. The first-order valence-corrected chi connectivity index (χ1v) is 8.19. The maximum atomic E-state index is 6.15. The Morgan fingerprint density at radius 3 is 2.76 bits per heavy atom. The maximum absolute atomic E-state index is 6.15. The Morgan fingerprint density at radius 2 is 1.96 bits per heavy atom. The number of nitrogens with zero attached hydrogens (tertiary/aromatic N) is 3. The lowest BCUT2D eigenvalue weighted by atomic mass is 10.2. The van der Waals surface area contributed by atoms with Crippen molar-refractivity contribution in [3.05, 3.63) is 64.3 Å². The summed E-state index contributed by atoms with van der Waals surface area (Å²) in [6.07, 6.45) is 1.51. The molecule has 8 heteroatoms. The number of para-hydroxylation sites is 1. The normalized spacial score (nSPS) is 10.4. The number of benzene rings is 2. The summed E-state index contributed by atoms with van der Waals surface area (Å²) in [6, 6.07) is 12.9. The van der Waals surface area contributed by atoms with Gasteiger partial charge in [0.05, 0.1) is 24.0 Å². The van der Waals surface area contributed by atoms with E-state index in [2.05, 4.69) is 25.8 Å². The summed E-state index contributed by atoms with van der Waals surface area (Å²) in [5, 5.41) is 15.2. The minimum absolute atomic E-state index is 0.390. The first-order valence-electron chi connectivity index (χ1n) is 7.43. The van der Waals surface area contributed by atoms with Crippen LogP contribution in [0.15, 0.2) is 48.7 Å². The van der Waals surface area contributed by atoms with Gasteiger partial charge in [-0.25, -0.2) is 0 Å². The molecule has 0 bridgehead atoms. The van der Waals surface area contributed by atoms with E-state index in [9.17, 15) is 0 Å². The molecule has 0 aliphatic heterocycles. The molecule has 3 aromatic rings. The molecule has 0 unspecified atom stereocenters. The van der Waals surface area contributed by atoms with Crippen molar-refractivity contribution in [1.82, 2.24) is 15.2 Å². The van der Waals surface area contributed by atoms with Gasteiger partial charge in [0, 0.05) is 17.1 Å². The van der Waals surface area contributed by atoms with Crippen LogP contribution >= 0.6 is 23.2 Å². The molecule has 0 spiro atoms. The van der Waals surface area contributed by atoms with Gasteiger partial charge in [0.2, 0.25) is 5.95 Å². The maximum Gasteiger partial charge on any atom is 0.244 e. The van der Waals surface area contributed by atoms with Gasteiger partial charge in [0.25, 0.3) is 0 Å². The lowest BCUT2D eigenvalue weighted by Gasteiger charge is -2.10. The number of halogens is 2. The lowest BCUT2D eigenvalue weighted by molar-refractivity contribution is 0.410. The number of rotatable bonds is 6. The molecule has 3 rings (SSSR count). The first kappa shape index (κ1) is 17.3. The molecule has 0 aliphatic rings. The van der Waals surface area contributed by atoms with Crippen LogP contribution in [-0.2, 0) is 6.54 Å². The van der Waals surface area contributed by atoms with E-state index < -0.39 is 0 Å². The van der Waals surface area contributed by atoms with Crippen LogP contribution in [0.4, 0.5) is 17.5 Å². The number of hydrogen-bond acceptors (Lipinski definition) is 6. The van der Waals surface area contributed by atoms with Crippen LogP contribution in [-0.4, -0.2) is 22.3 Å². The van der Waals surface area contributed by atoms with Crippen LogP contribution in [0, 0.1) is 0 Å². The minimum atomic E-state index is 0.390. The van der Waals surface area contributed by atoms with Crippen molar-refractivity contribution in [2.45, 2.75) is 6.54 Å². The average Bonchev–Trinajstić information content (AvgIpc) is 2.63. The molecule has 0 fully saturated rings. The van der Waals surface area contributed by atoms with Crippen LogP contribution in [0.3, 0.4) is 0 Å². The number of methoxy groups -OCH3 is 1. The van der Waals surface area contributed by atoms with Crippen LogP contribution in [0.25, 0.3) is 0 Å². The van der Waals surface area contributed by atoms with Crippen LogP contribution in [0.5, 0.6) is 5.75 Å². The number of hydrogen-bond donors (Lipinski definition) is 2. The molecular weight excluding hydrogens is 361 g/mol. The van der Waals surface area contributed by atoms with Crippen LogP contribution in [0.2, 0.25) is 10.0 Å². The van der Waals surface area contributed by atoms with Crippen LogP contribution < -0.4 is 15.4 Å². The fourth-order valence-corrected chi connectivity index (χ4v) is 2.65. The van der Waals surface area contributed by atoms with Crippen molar-refractivity contribution in [1.29, 1.82) is 0 Å². The lowest BCUT2D eigenvalue weighted by Crippen LogP contribution is -2.07. The highest BCUT2D eigenvalue weighted by Crippen LogP contribution is 2.27. The van der Waals surface area contributed by atoms with Gasteiger partial charge >= 0.3 is 0 Å². The van der Waals surface area contributed by atoms with E-state index in [1.807, 2.05) is 24.3 Å². The van der Waals surface area contributed by atoms with E-state index in [1.165, 1.54) is 6.20 Å². The van der Waals surface area contributed by atoms with Crippen LogP contribution in [0.1, 0.15) is 5.56 Å². The zero-order valence-electron chi connectivity index (χ0n) is 13.3. The van der Waals surface area contributed by atoms with Gasteiger partial charge in [-0.15, -0.1) is 5.10 Å². The number of ether oxygens (including phenoxy) is 1. The van der Waals surface area contributed by atoms with Gasteiger partial charge in [0.15, 0.2) is 5.82 Å². The van der Waals surface area contributed by atoms with E-state index in [0.29, 0.717) is 34.0 Å². The van der Waals surface area contributed by atoms with Gasteiger partial charge < -0.3 is 15.4 Å². The van der Waals surface area contributed by atoms with E-state index >= 15 is 0 Å². The van der Waals surface area contributed by atoms with Crippen molar-refractivity contribution >= 4 is 40.7 Å². The summed E-state index contributed by atoms with van der Waals surface area (Å²) in [5.41, 5.74) is 1.68. The van der Waals surface area contributed by atoms with Gasteiger partial charge in [-0.3, -0.25) is 0 Å². The molecular formula is C17H15Cl2N5O. The topological polar surface area (TPSA) is 72.0 Å². The molecule has 128 valence electrons. The minimum Gasteiger partial charge on any atom is -0.496 e. The van der Waals surface area contributed by atoms with E-state index in [-0.39, 0.29) is 0 Å². The fourth-order valence-electron chi connectivity index (χ4n) is 2.19. The smallest absolute Gasteiger partial charge is 0.244 e. The zero-order chi connectivity index (χ0) is 17.6. The fraction of sp³-hybridized carbons (Fsp3) is 0.118.